The number of nitrogens with one attached hydrogen (secondary N) is 2. The SMILES string of the molecule is C=CCN1CCC(NC(=NC)NCC2(C(=O)N(C)C)CCCC2)CC1. The molecule has 0 unspecified atom stereocenters. The Bertz CT molecular complexity index is 474. The zero-order valence-electron chi connectivity index (χ0n) is 16.2. The maximum Gasteiger partial charge on any atom is 0.230 e. The molecule has 142 valence electrons. The van der Waals surface area contributed by atoms with Crippen LogP contribution in [0.5, 0.6) is 0 Å². The molecule has 1 aliphatic heterocycles. The first-order valence-corrected chi connectivity index (χ1v) is 9.53. The number of amides is 1. The van der Waals surface area contributed by atoms with Gasteiger partial charge in [-0.1, -0.05) is 18.9 Å². The van der Waals surface area contributed by atoms with Crippen LogP contribution in [0.1, 0.15) is 38.5 Å². The number of hydrogen-bond acceptors (Lipinski definition) is 3. The summed E-state index contributed by atoms with van der Waals surface area (Å²) in [5, 5.41) is 6.97. The first kappa shape index (κ1) is 19.8. The van der Waals surface area contributed by atoms with Gasteiger partial charge >= 0.3 is 0 Å². The maximum atomic E-state index is 12.7. The lowest BCUT2D eigenvalue weighted by atomic mass is 9.84. The van der Waals surface area contributed by atoms with Gasteiger partial charge in [0, 0.05) is 53.4 Å². The summed E-state index contributed by atoms with van der Waals surface area (Å²) < 4.78 is 0. The van der Waals surface area contributed by atoms with Gasteiger partial charge in [-0.15, -0.1) is 6.58 Å². The van der Waals surface area contributed by atoms with Gasteiger partial charge in [0.25, 0.3) is 0 Å². The van der Waals surface area contributed by atoms with E-state index in [1.54, 1.807) is 11.9 Å². The van der Waals surface area contributed by atoms with E-state index in [4.69, 9.17) is 0 Å². The predicted octanol–water partition coefficient (Wildman–Crippen LogP) is 1.45. The molecule has 2 rings (SSSR count). The van der Waals surface area contributed by atoms with Crippen molar-refractivity contribution in [2.75, 3.05) is 47.3 Å². The molecule has 0 atom stereocenters. The fraction of sp³-hybridized carbons (Fsp3) is 0.789. The minimum absolute atomic E-state index is 0.241. The van der Waals surface area contributed by atoms with Gasteiger partial charge in [-0.3, -0.25) is 14.7 Å². The highest BCUT2D eigenvalue weighted by Crippen LogP contribution is 2.38. The van der Waals surface area contributed by atoms with Crippen LogP contribution < -0.4 is 10.6 Å². The molecule has 2 fully saturated rings. The Labute approximate surface area is 152 Å². The molecule has 1 heterocycles. The van der Waals surface area contributed by atoms with Crippen LogP contribution in [0, 0.1) is 5.41 Å². The fourth-order valence-corrected chi connectivity index (χ4v) is 4.08. The van der Waals surface area contributed by atoms with E-state index in [0.717, 1.165) is 64.1 Å². The van der Waals surface area contributed by atoms with Crippen LogP contribution in [-0.4, -0.2) is 75.0 Å². The average Bonchev–Trinajstić information content (AvgIpc) is 3.09. The first-order valence-electron chi connectivity index (χ1n) is 9.53. The number of hydrogen-bond donors (Lipinski definition) is 2. The van der Waals surface area contributed by atoms with Gasteiger partial charge < -0.3 is 15.5 Å². The van der Waals surface area contributed by atoms with Gasteiger partial charge in [0.1, 0.15) is 0 Å². The van der Waals surface area contributed by atoms with Crippen LogP contribution in [0.3, 0.4) is 0 Å². The monoisotopic (exact) mass is 349 g/mol. The summed E-state index contributed by atoms with van der Waals surface area (Å²) in [6.07, 6.45) is 8.38. The molecule has 1 amide bonds. The third kappa shape index (κ3) is 5.21. The lowest BCUT2D eigenvalue weighted by molar-refractivity contribution is -0.138. The van der Waals surface area contributed by atoms with Crippen LogP contribution in [-0.2, 0) is 4.79 Å². The Morgan fingerprint density at radius 1 is 1.32 bits per heavy atom. The van der Waals surface area contributed by atoms with Gasteiger partial charge in [0.2, 0.25) is 5.91 Å². The highest BCUT2D eigenvalue weighted by molar-refractivity contribution is 5.85. The first-order chi connectivity index (χ1) is 12.0. The second-order valence-corrected chi connectivity index (χ2v) is 7.62. The molecule has 25 heavy (non-hydrogen) atoms. The van der Waals surface area contributed by atoms with E-state index in [0.29, 0.717) is 12.6 Å². The standard InChI is InChI=1S/C19H35N5O/c1-5-12-24-13-8-16(9-14-24)22-18(20-2)21-15-19(10-6-7-11-19)17(25)23(3)4/h5,16H,1,6-15H2,2-4H3,(H2,20,21,22). The molecule has 0 spiro atoms. The molecule has 0 bridgehead atoms. The summed E-state index contributed by atoms with van der Waals surface area (Å²) >= 11 is 0. The van der Waals surface area contributed by atoms with E-state index >= 15 is 0 Å². The van der Waals surface area contributed by atoms with E-state index < -0.39 is 0 Å². The molecule has 0 aromatic carbocycles. The van der Waals surface area contributed by atoms with Crippen LogP contribution in [0.2, 0.25) is 0 Å². The van der Waals surface area contributed by atoms with Gasteiger partial charge in [0.15, 0.2) is 5.96 Å². The number of carbonyl (C=O) groups excluding carboxylic acids is 1. The van der Waals surface area contributed by atoms with E-state index in [9.17, 15) is 4.79 Å². The highest BCUT2D eigenvalue weighted by atomic mass is 16.2. The second kappa shape index (κ2) is 9.22. The second-order valence-electron chi connectivity index (χ2n) is 7.62. The average molecular weight is 350 g/mol. The molecule has 0 aromatic heterocycles. The molecule has 1 saturated heterocycles. The number of aliphatic imine (C=N–C) groups is 1. The molecule has 1 saturated carbocycles. The molecule has 2 aliphatic rings. The Kier molecular flexibility index (Phi) is 7.29. The van der Waals surface area contributed by atoms with Gasteiger partial charge in [0.05, 0.1) is 5.41 Å². The van der Waals surface area contributed by atoms with E-state index in [2.05, 4.69) is 27.1 Å². The van der Waals surface area contributed by atoms with Crippen molar-refractivity contribution in [2.24, 2.45) is 10.4 Å². The van der Waals surface area contributed by atoms with Crippen LogP contribution in [0.15, 0.2) is 17.6 Å². The summed E-state index contributed by atoms with van der Waals surface area (Å²) in [5.41, 5.74) is -0.269. The van der Waals surface area contributed by atoms with E-state index in [-0.39, 0.29) is 11.3 Å². The van der Waals surface area contributed by atoms with Crippen LogP contribution in [0.25, 0.3) is 0 Å². The number of guanidine groups is 1. The lowest BCUT2D eigenvalue weighted by Gasteiger charge is -2.34. The summed E-state index contributed by atoms with van der Waals surface area (Å²) in [6, 6.07) is 0.441. The number of rotatable bonds is 6. The zero-order chi connectivity index (χ0) is 18.3. The lowest BCUT2D eigenvalue weighted by Crippen LogP contribution is -2.52. The van der Waals surface area contributed by atoms with Crippen molar-refractivity contribution in [3.05, 3.63) is 12.7 Å². The van der Waals surface area contributed by atoms with Gasteiger partial charge in [-0.05, 0) is 25.7 Å². The summed E-state index contributed by atoms with van der Waals surface area (Å²) in [5.74, 6) is 1.06. The zero-order valence-corrected chi connectivity index (χ0v) is 16.2. The smallest absolute Gasteiger partial charge is 0.230 e. The maximum absolute atomic E-state index is 12.7. The Hall–Kier alpha value is -1.56. The number of carbonyl (C=O) groups is 1. The topological polar surface area (TPSA) is 60.0 Å². The normalized spacial score (nSPS) is 21.8. The Morgan fingerprint density at radius 2 is 1.96 bits per heavy atom. The van der Waals surface area contributed by atoms with Gasteiger partial charge in [-0.2, -0.15) is 0 Å². The van der Waals surface area contributed by atoms with Crippen LogP contribution in [0.4, 0.5) is 0 Å². The number of nitrogens with zero attached hydrogens (tertiary/aromatic N) is 3. The van der Waals surface area contributed by atoms with Crippen molar-refractivity contribution in [3.63, 3.8) is 0 Å². The summed E-state index contributed by atoms with van der Waals surface area (Å²) in [4.78, 5) is 21.2. The van der Waals surface area contributed by atoms with Gasteiger partial charge in [-0.25, -0.2) is 0 Å². The highest BCUT2D eigenvalue weighted by Gasteiger charge is 2.42. The van der Waals surface area contributed by atoms with Crippen LogP contribution >= 0.6 is 0 Å². The van der Waals surface area contributed by atoms with Crippen molar-refractivity contribution in [1.29, 1.82) is 0 Å². The van der Waals surface area contributed by atoms with Crippen molar-refractivity contribution in [1.82, 2.24) is 20.4 Å². The molecule has 0 radical (unpaired) electrons. The Balaban J connectivity index is 1.85. The van der Waals surface area contributed by atoms with Crippen molar-refractivity contribution < 1.29 is 4.79 Å². The van der Waals surface area contributed by atoms with Crippen molar-refractivity contribution >= 4 is 11.9 Å². The third-order valence-electron chi connectivity index (χ3n) is 5.55. The quantitative estimate of drug-likeness (QED) is 0.433. The van der Waals surface area contributed by atoms with E-state index in [1.807, 2.05) is 20.2 Å². The Morgan fingerprint density at radius 3 is 2.48 bits per heavy atom. The molecule has 6 heteroatoms. The third-order valence-corrected chi connectivity index (χ3v) is 5.55. The van der Waals surface area contributed by atoms with Crippen molar-refractivity contribution in [3.8, 4) is 0 Å². The minimum Gasteiger partial charge on any atom is -0.355 e. The number of piperidine rings is 1. The molecular weight excluding hydrogens is 314 g/mol. The minimum atomic E-state index is -0.269. The summed E-state index contributed by atoms with van der Waals surface area (Å²) in [6.45, 7) is 7.62. The molecule has 0 aromatic rings. The van der Waals surface area contributed by atoms with Crippen molar-refractivity contribution in [2.45, 2.75) is 44.6 Å². The predicted molar refractivity (Wildman–Crippen MR) is 104 cm³/mol. The largest absolute Gasteiger partial charge is 0.355 e. The molecule has 2 N–H and O–H groups in total. The number of likely N-dealkylation sites (tertiary alicyclic amines) is 1. The molecular formula is C19H35N5O. The summed E-state index contributed by atoms with van der Waals surface area (Å²) in [7, 11) is 5.51. The fourth-order valence-electron chi connectivity index (χ4n) is 4.08. The molecule has 1 aliphatic carbocycles. The molecule has 6 nitrogen and oxygen atoms in total. The van der Waals surface area contributed by atoms with E-state index in [1.165, 1.54) is 0 Å².